The van der Waals surface area contributed by atoms with Crippen molar-refractivity contribution in [1.82, 2.24) is 10.2 Å². The summed E-state index contributed by atoms with van der Waals surface area (Å²) < 4.78 is 0. The highest BCUT2D eigenvalue weighted by Crippen LogP contribution is 2.29. The van der Waals surface area contributed by atoms with Crippen LogP contribution in [0.2, 0.25) is 0 Å². The molecular formula is C16H23N3O2. The number of benzene rings is 1. The standard InChI is InChI=1S/C16H23N3O2/c20-19(21)16-6-4-13(5-7-16)11-18(15-8-9-15)12-14-3-1-2-10-17-14/h4-7,14-15,17H,1-3,8-12H2. The summed E-state index contributed by atoms with van der Waals surface area (Å²) in [6.07, 6.45) is 6.47. The smallest absolute Gasteiger partial charge is 0.269 e. The van der Waals surface area contributed by atoms with E-state index in [0.29, 0.717) is 12.1 Å². The number of nitro benzene ring substituents is 1. The van der Waals surface area contributed by atoms with Crippen LogP contribution in [0.25, 0.3) is 0 Å². The van der Waals surface area contributed by atoms with Gasteiger partial charge in [0.2, 0.25) is 0 Å². The fourth-order valence-electron chi connectivity index (χ4n) is 3.10. The van der Waals surface area contributed by atoms with Gasteiger partial charge in [-0.25, -0.2) is 0 Å². The molecule has 1 aromatic rings. The Kier molecular flexibility index (Phi) is 4.51. The molecule has 0 aromatic heterocycles. The molecule has 1 saturated heterocycles. The van der Waals surface area contributed by atoms with Crippen LogP contribution in [0, 0.1) is 10.1 Å². The minimum Gasteiger partial charge on any atom is -0.313 e. The Morgan fingerprint density at radius 1 is 1.19 bits per heavy atom. The minimum absolute atomic E-state index is 0.172. The summed E-state index contributed by atoms with van der Waals surface area (Å²) in [4.78, 5) is 12.9. The molecule has 1 aromatic carbocycles. The van der Waals surface area contributed by atoms with Gasteiger partial charge in [-0.05, 0) is 37.8 Å². The van der Waals surface area contributed by atoms with Gasteiger partial charge in [0.25, 0.3) is 5.69 Å². The van der Waals surface area contributed by atoms with Crippen LogP contribution in [0.15, 0.2) is 24.3 Å². The van der Waals surface area contributed by atoms with Crippen molar-refractivity contribution in [1.29, 1.82) is 0 Å². The van der Waals surface area contributed by atoms with Crippen LogP contribution < -0.4 is 5.32 Å². The summed E-state index contributed by atoms with van der Waals surface area (Å²) in [7, 11) is 0. The van der Waals surface area contributed by atoms with Gasteiger partial charge in [0, 0.05) is 37.3 Å². The molecule has 2 aliphatic rings. The SMILES string of the molecule is O=[N+]([O-])c1ccc(CN(CC2CCCCN2)C2CC2)cc1. The van der Waals surface area contributed by atoms with Gasteiger partial charge < -0.3 is 5.32 Å². The lowest BCUT2D eigenvalue weighted by atomic mass is 10.0. The number of non-ortho nitro benzene ring substituents is 1. The molecule has 5 heteroatoms. The topological polar surface area (TPSA) is 58.4 Å². The molecule has 1 atom stereocenters. The summed E-state index contributed by atoms with van der Waals surface area (Å²) in [6, 6.07) is 8.32. The zero-order valence-corrected chi connectivity index (χ0v) is 12.3. The zero-order chi connectivity index (χ0) is 14.7. The van der Waals surface area contributed by atoms with E-state index in [1.807, 2.05) is 12.1 Å². The van der Waals surface area contributed by atoms with Gasteiger partial charge in [-0.15, -0.1) is 0 Å². The summed E-state index contributed by atoms with van der Waals surface area (Å²) in [5.41, 5.74) is 1.34. The molecular weight excluding hydrogens is 266 g/mol. The molecule has 0 amide bonds. The quantitative estimate of drug-likeness (QED) is 0.646. The lowest BCUT2D eigenvalue weighted by molar-refractivity contribution is -0.384. The number of rotatable bonds is 6. The fourth-order valence-corrected chi connectivity index (χ4v) is 3.10. The van der Waals surface area contributed by atoms with Gasteiger partial charge in [-0.1, -0.05) is 18.6 Å². The van der Waals surface area contributed by atoms with E-state index in [1.165, 1.54) is 37.7 Å². The van der Waals surface area contributed by atoms with Crippen LogP contribution in [0.4, 0.5) is 5.69 Å². The minimum atomic E-state index is -0.339. The number of hydrogen-bond acceptors (Lipinski definition) is 4. The molecule has 0 radical (unpaired) electrons. The summed E-state index contributed by atoms with van der Waals surface area (Å²) >= 11 is 0. The van der Waals surface area contributed by atoms with Crippen molar-refractivity contribution in [2.24, 2.45) is 0 Å². The van der Waals surface area contributed by atoms with E-state index in [0.717, 1.165) is 19.6 Å². The maximum Gasteiger partial charge on any atom is 0.269 e. The lowest BCUT2D eigenvalue weighted by Crippen LogP contribution is -2.44. The van der Waals surface area contributed by atoms with Gasteiger partial charge in [0.15, 0.2) is 0 Å². The molecule has 5 nitrogen and oxygen atoms in total. The number of nitrogens with zero attached hydrogens (tertiary/aromatic N) is 2. The van der Waals surface area contributed by atoms with Crippen LogP contribution >= 0.6 is 0 Å². The molecule has 1 heterocycles. The maximum atomic E-state index is 10.7. The lowest BCUT2D eigenvalue weighted by Gasteiger charge is -2.30. The van der Waals surface area contributed by atoms with Gasteiger partial charge in [0.1, 0.15) is 0 Å². The molecule has 0 bridgehead atoms. The maximum absolute atomic E-state index is 10.7. The molecule has 1 saturated carbocycles. The Hall–Kier alpha value is -1.46. The van der Waals surface area contributed by atoms with Gasteiger partial charge >= 0.3 is 0 Å². The third kappa shape index (κ3) is 4.02. The summed E-state index contributed by atoms with van der Waals surface area (Å²) in [5, 5.41) is 14.3. The first-order chi connectivity index (χ1) is 10.2. The summed E-state index contributed by atoms with van der Waals surface area (Å²) in [5.74, 6) is 0. The zero-order valence-electron chi connectivity index (χ0n) is 12.3. The highest BCUT2D eigenvalue weighted by Gasteiger charge is 2.30. The Labute approximate surface area is 125 Å². The summed E-state index contributed by atoms with van der Waals surface area (Å²) in [6.45, 7) is 3.14. The highest BCUT2D eigenvalue weighted by atomic mass is 16.6. The first kappa shape index (κ1) is 14.5. The predicted octanol–water partition coefficient (Wildman–Crippen LogP) is 2.70. The van der Waals surface area contributed by atoms with Crippen LogP contribution in [0.3, 0.4) is 0 Å². The van der Waals surface area contributed by atoms with Crippen molar-refractivity contribution >= 4 is 5.69 Å². The van der Waals surface area contributed by atoms with E-state index in [9.17, 15) is 10.1 Å². The van der Waals surface area contributed by atoms with Gasteiger partial charge in [-0.2, -0.15) is 0 Å². The van der Waals surface area contributed by atoms with Gasteiger partial charge in [-0.3, -0.25) is 15.0 Å². The van der Waals surface area contributed by atoms with E-state index >= 15 is 0 Å². The number of nitrogens with one attached hydrogen (secondary N) is 1. The fraction of sp³-hybridized carbons (Fsp3) is 0.625. The predicted molar refractivity (Wildman–Crippen MR) is 82.2 cm³/mol. The van der Waals surface area contributed by atoms with Crippen molar-refractivity contribution in [2.45, 2.75) is 50.7 Å². The molecule has 3 rings (SSSR count). The number of hydrogen-bond donors (Lipinski definition) is 1. The van der Waals surface area contributed by atoms with Crippen LogP contribution in [0.5, 0.6) is 0 Å². The van der Waals surface area contributed by atoms with E-state index < -0.39 is 0 Å². The first-order valence-corrected chi connectivity index (χ1v) is 7.93. The number of nitro groups is 1. The monoisotopic (exact) mass is 289 g/mol. The van der Waals surface area contributed by atoms with Crippen molar-refractivity contribution in [2.75, 3.05) is 13.1 Å². The number of piperidine rings is 1. The Morgan fingerprint density at radius 2 is 1.95 bits per heavy atom. The molecule has 1 N–H and O–H groups in total. The van der Waals surface area contributed by atoms with E-state index in [-0.39, 0.29) is 10.6 Å². The molecule has 21 heavy (non-hydrogen) atoms. The van der Waals surface area contributed by atoms with Crippen molar-refractivity contribution < 1.29 is 4.92 Å². The van der Waals surface area contributed by atoms with Crippen LogP contribution in [-0.4, -0.2) is 35.0 Å². The molecule has 1 aliphatic heterocycles. The molecule has 114 valence electrons. The second kappa shape index (κ2) is 6.54. The van der Waals surface area contributed by atoms with E-state index in [2.05, 4.69) is 10.2 Å². The third-order valence-corrected chi connectivity index (χ3v) is 4.46. The molecule has 2 fully saturated rings. The average molecular weight is 289 g/mol. The Bertz CT molecular complexity index is 479. The first-order valence-electron chi connectivity index (χ1n) is 7.93. The van der Waals surface area contributed by atoms with Crippen molar-refractivity contribution in [3.8, 4) is 0 Å². The van der Waals surface area contributed by atoms with E-state index in [4.69, 9.17) is 0 Å². The van der Waals surface area contributed by atoms with Gasteiger partial charge in [0.05, 0.1) is 4.92 Å². The van der Waals surface area contributed by atoms with Crippen molar-refractivity contribution in [3.63, 3.8) is 0 Å². The highest BCUT2D eigenvalue weighted by molar-refractivity contribution is 5.32. The Balaban J connectivity index is 1.60. The average Bonchev–Trinajstić information content (AvgIpc) is 3.33. The second-order valence-corrected chi connectivity index (χ2v) is 6.23. The Morgan fingerprint density at radius 3 is 2.52 bits per heavy atom. The van der Waals surface area contributed by atoms with E-state index in [1.54, 1.807) is 12.1 Å². The van der Waals surface area contributed by atoms with Crippen LogP contribution in [0.1, 0.15) is 37.7 Å². The second-order valence-electron chi connectivity index (χ2n) is 6.23. The molecule has 1 aliphatic carbocycles. The third-order valence-electron chi connectivity index (χ3n) is 4.46. The largest absolute Gasteiger partial charge is 0.313 e. The van der Waals surface area contributed by atoms with Crippen molar-refractivity contribution in [3.05, 3.63) is 39.9 Å². The normalized spacial score (nSPS) is 22.4. The molecule has 0 spiro atoms. The molecule has 1 unspecified atom stereocenters. The van der Waals surface area contributed by atoms with Crippen LogP contribution in [-0.2, 0) is 6.54 Å².